The molecule has 0 bridgehead atoms. The number of rotatable bonds is 4. The van der Waals surface area contributed by atoms with Crippen LogP contribution < -0.4 is 0 Å². The van der Waals surface area contributed by atoms with Gasteiger partial charge in [-0.3, -0.25) is 14.4 Å². The summed E-state index contributed by atoms with van der Waals surface area (Å²) in [5.41, 5.74) is 0.520. The van der Waals surface area contributed by atoms with Crippen LogP contribution in [0, 0.1) is 0 Å². The number of hydrogen-bond donors (Lipinski definition) is 0. The summed E-state index contributed by atoms with van der Waals surface area (Å²) in [6.07, 6.45) is 4.03. The first-order valence-corrected chi connectivity index (χ1v) is 8.93. The van der Waals surface area contributed by atoms with Crippen LogP contribution in [0.4, 0.5) is 0 Å². The fourth-order valence-corrected chi connectivity index (χ4v) is 2.91. The Kier molecular flexibility index (Phi) is 5.68. The van der Waals surface area contributed by atoms with Gasteiger partial charge in [-0.2, -0.15) is 0 Å². The van der Waals surface area contributed by atoms with Crippen LogP contribution in [0.2, 0.25) is 0 Å². The van der Waals surface area contributed by atoms with E-state index in [0.717, 1.165) is 4.47 Å². The Balaban J connectivity index is 1.52. The number of halogens is 1. The minimum atomic E-state index is -0.236. The summed E-state index contributed by atoms with van der Waals surface area (Å²) in [7, 11) is 0. The lowest BCUT2D eigenvalue weighted by Gasteiger charge is -2.33. The first-order valence-electron chi connectivity index (χ1n) is 8.14. The number of carbonyl (C=O) groups is 3. The fraction of sp³-hybridized carbons (Fsp3) is 0.211. The highest BCUT2D eigenvalue weighted by Crippen LogP contribution is 2.12. The topological polar surface area (TPSA) is 70.8 Å². The van der Waals surface area contributed by atoms with Gasteiger partial charge in [0.1, 0.15) is 0 Å². The molecular weight excluding hydrogens is 400 g/mol. The Bertz CT molecular complexity index is 820. The van der Waals surface area contributed by atoms with E-state index < -0.39 is 0 Å². The third kappa shape index (κ3) is 4.29. The van der Waals surface area contributed by atoms with Crippen LogP contribution in [0.5, 0.6) is 0 Å². The Morgan fingerprint density at radius 1 is 0.923 bits per heavy atom. The van der Waals surface area contributed by atoms with Gasteiger partial charge in [-0.15, -0.1) is 0 Å². The molecule has 134 valence electrons. The third-order valence-corrected chi connectivity index (χ3v) is 4.65. The zero-order valence-electron chi connectivity index (χ0n) is 13.9. The SMILES string of the molecule is O=C(/C=C/C(=O)N1CCN(C(=O)c2ccco2)CC1)c1ccc(Br)cc1. The molecule has 2 heterocycles. The van der Waals surface area contributed by atoms with Gasteiger partial charge in [0.2, 0.25) is 5.91 Å². The summed E-state index contributed by atoms with van der Waals surface area (Å²) < 4.78 is 6.00. The molecule has 1 aromatic heterocycles. The van der Waals surface area contributed by atoms with Crippen molar-refractivity contribution in [2.75, 3.05) is 26.2 Å². The summed E-state index contributed by atoms with van der Waals surface area (Å²) in [5.74, 6) is -0.342. The van der Waals surface area contributed by atoms with Gasteiger partial charge in [0.25, 0.3) is 5.91 Å². The number of nitrogens with zero attached hydrogens (tertiary/aromatic N) is 2. The predicted molar refractivity (Wildman–Crippen MR) is 98.8 cm³/mol. The van der Waals surface area contributed by atoms with Crippen LogP contribution in [0.25, 0.3) is 0 Å². The first-order chi connectivity index (χ1) is 12.5. The molecule has 0 unspecified atom stereocenters. The number of ketones is 1. The third-order valence-electron chi connectivity index (χ3n) is 4.12. The van der Waals surface area contributed by atoms with E-state index >= 15 is 0 Å². The molecule has 2 amide bonds. The van der Waals surface area contributed by atoms with Crippen LogP contribution in [-0.2, 0) is 4.79 Å². The number of allylic oxidation sites excluding steroid dienone is 1. The van der Waals surface area contributed by atoms with Gasteiger partial charge in [-0.25, -0.2) is 0 Å². The molecule has 0 spiro atoms. The van der Waals surface area contributed by atoms with E-state index in [2.05, 4.69) is 15.9 Å². The molecule has 0 radical (unpaired) electrons. The van der Waals surface area contributed by atoms with E-state index in [-0.39, 0.29) is 17.6 Å². The van der Waals surface area contributed by atoms with Gasteiger partial charge in [0.15, 0.2) is 11.5 Å². The van der Waals surface area contributed by atoms with Crippen molar-refractivity contribution in [3.8, 4) is 0 Å². The molecule has 1 aliphatic heterocycles. The van der Waals surface area contributed by atoms with Crippen LogP contribution in [0.15, 0.2) is 63.7 Å². The number of carbonyl (C=O) groups excluding carboxylic acids is 3. The number of amides is 2. The molecule has 0 atom stereocenters. The van der Waals surface area contributed by atoms with Crippen molar-refractivity contribution in [2.24, 2.45) is 0 Å². The van der Waals surface area contributed by atoms with E-state index in [0.29, 0.717) is 37.5 Å². The van der Waals surface area contributed by atoms with Crippen molar-refractivity contribution < 1.29 is 18.8 Å². The Morgan fingerprint density at radius 2 is 1.58 bits per heavy atom. The molecule has 6 nitrogen and oxygen atoms in total. The number of hydrogen-bond acceptors (Lipinski definition) is 4. The van der Waals surface area contributed by atoms with Gasteiger partial charge in [-0.1, -0.05) is 15.9 Å². The average Bonchev–Trinajstić information content (AvgIpc) is 3.20. The van der Waals surface area contributed by atoms with Gasteiger partial charge in [-0.05, 0) is 42.5 Å². The molecule has 2 aromatic rings. The smallest absolute Gasteiger partial charge is 0.289 e. The highest BCUT2D eigenvalue weighted by molar-refractivity contribution is 9.10. The number of furan rings is 1. The van der Waals surface area contributed by atoms with Crippen LogP contribution >= 0.6 is 15.9 Å². The van der Waals surface area contributed by atoms with E-state index in [4.69, 9.17) is 4.42 Å². The second-order valence-electron chi connectivity index (χ2n) is 5.80. The highest BCUT2D eigenvalue weighted by Gasteiger charge is 2.25. The van der Waals surface area contributed by atoms with Crippen molar-refractivity contribution in [1.29, 1.82) is 0 Å². The van der Waals surface area contributed by atoms with Crippen molar-refractivity contribution in [2.45, 2.75) is 0 Å². The zero-order valence-corrected chi connectivity index (χ0v) is 15.5. The monoisotopic (exact) mass is 416 g/mol. The first kappa shape index (κ1) is 18.1. The zero-order chi connectivity index (χ0) is 18.5. The van der Waals surface area contributed by atoms with E-state index in [1.807, 2.05) is 0 Å². The minimum Gasteiger partial charge on any atom is -0.459 e. The van der Waals surface area contributed by atoms with Gasteiger partial charge in [0.05, 0.1) is 6.26 Å². The Labute approximate surface area is 159 Å². The maximum Gasteiger partial charge on any atom is 0.289 e. The van der Waals surface area contributed by atoms with Gasteiger partial charge in [0, 0.05) is 42.3 Å². The summed E-state index contributed by atoms with van der Waals surface area (Å²) in [5, 5.41) is 0. The fourth-order valence-electron chi connectivity index (χ4n) is 2.65. The molecule has 1 aromatic carbocycles. The normalized spacial score (nSPS) is 14.7. The summed E-state index contributed by atoms with van der Waals surface area (Å²) in [6.45, 7) is 1.70. The van der Waals surface area contributed by atoms with Crippen molar-refractivity contribution in [3.63, 3.8) is 0 Å². The lowest BCUT2D eigenvalue weighted by Crippen LogP contribution is -2.50. The molecule has 0 saturated carbocycles. The molecule has 1 saturated heterocycles. The molecule has 7 heteroatoms. The minimum absolute atomic E-state index is 0.178. The largest absolute Gasteiger partial charge is 0.459 e. The quantitative estimate of drug-likeness (QED) is 0.567. The second-order valence-corrected chi connectivity index (χ2v) is 6.71. The number of piperazine rings is 1. The van der Waals surface area contributed by atoms with E-state index in [1.165, 1.54) is 18.4 Å². The predicted octanol–water partition coefficient (Wildman–Crippen LogP) is 2.77. The van der Waals surface area contributed by atoms with Crippen molar-refractivity contribution >= 4 is 33.5 Å². The molecule has 0 aliphatic carbocycles. The van der Waals surface area contributed by atoms with Crippen LogP contribution in [0.1, 0.15) is 20.9 Å². The lowest BCUT2D eigenvalue weighted by molar-refractivity contribution is -0.127. The maximum absolute atomic E-state index is 12.3. The number of benzene rings is 1. The Morgan fingerprint density at radius 3 is 2.19 bits per heavy atom. The summed E-state index contributed by atoms with van der Waals surface area (Å²) in [4.78, 5) is 39.8. The second kappa shape index (κ2) is 8.14. The van der Waals surface area contributed by atoms with Gasteiger partial charge >= 0.3 is 0 Å². The van der Waals surface area contributed by atoms with Crippen molar-refractivity contribution in [1.82, 2.24) is 9.80 Å². The maximum atomic E-state index is 12.3. The molecule has 3 rings (SSSR count). The average molecular weight is 417 g/mol. The standard InChI is InChI=1S/C19H17BrN2O4/c20-15-5-3-14(4-6-15)16(23)7-8-18(24)21-9-11-22(12-10-21)19(25)17-2-1-13-26-17/h1-8,13H,9-12H2/b8-7+. The molecule has 26 heavy (non-hydrogen) atoms. The highest BCUT2D eigenvalue weighted by atomic mass is 79.9. The molecular formula is C19H17BrN2O4. The van der Waals surface area contributed by atoms with E-state index in [9.17, 15) is 14.4 Å². The van der Waals surface area contributed by atoms with Crippen LogP contribution in [-0.4, -0.2) is 53.6 Å². The van der Waals surface area contributed by atoms with E-state index in [1.54, 1.807) is 46.2 Å². The Hall–Kier alpha value is -2.67. The van der Waals surface area contributed by atoms with Crippen LogP contribution in [0.3, 0.4) is 0 Å². The lowest BCUT2D eigenvalue weighted by atomic mass is 10.1. The molecule has 1 fully saturated rings. The van der Waals surface area contributed by atoms with Crippen molar-refractivity contribution in [3.05, 3.63) is 70.6 Å². The molecule has 0 N–H and O–H groups in total. The summed E-state index contributed by atoms with van der Waals surface area (Å²) >= 11 is 3.31. The molecule has 1 aliphatic rings. The van der Waals surface area contributed by atoms with Gasteiger partial charge < -0.3 is 14.2 Å². The summed E-state index contributed by atoms with van der Waals surface area (Å²) in [6, 6.07) is 10.2.